The summed E-state index contributed by atoms with van der Waals surface area (Å²) < 4.78 is 68.6. The Bertz CT molecular complexity index is 1900. The van der Waals surface area contributed by atoms with Crippen LogP contribution in [-0.4, -0.2) is 96.7 Å². The second kappa shape index (κ2) is 67.2. The number of hydrogen-bond acceptors (Lipinski definition) is 15. The Morgan fingerprint density at radius 1 is 0.258 bits per heavy atom. The Hall–Kier alpha value is -1.94. The molecule has 0 amide bonds. The first kappa shape index (κ1) is 95.1. The van der Waals surface area contributed by atoms with Gasteiger partial charge in [-0.05, 0) is 49.4 Å². The molecule has 0 bridgehead atoms. The molecule has 17 nitrogen and oxygen atoms in total. The van der Waals surface area contributed by atoms with Crippen molar-refractivity contribution in [3.05, 3.63) is 0 Å². The quantitative estimate of drug-likeness (QED) is 0.0222. The zero-order valence-corrected chi connectivity index (χ0v) is 65.5. The summed E-state index contributed by atoms with van der Waals surface area (Å²) in [6.45, 7) is 14.2. The van der Waals surface area contributed by atoms with Gasteiger partial charge in [-0.1, -0.05) is 344 Å². The normalized spacial score (nSPS) is 14.1. The average molecular weight is 1420 g/mol. The molecule has 0 spiro atoms. The number of esters is 4. The minimum absolute atomic E-state index is 0.106. The van der Waals surface area contributed by atoms with Crippen LogP contribution in [0.4, 0.5) is 0 Å². The van der Waals surface area contributed by atoms with Gasteiger partial charge in [0.05, 0.1) is 26.4 Å². The fraction of sp³-hybridized carbons (Fsp3) is 0.949. The summed E-state index contributed by atoms with van der Waals surface area (Å²) in [5, 5.41) is 10.6. The molecule has 19 heteroatoms. The van der Waals surface area contributed by atoms with E-state index in [1.807, 2.05) is 0 Å². The van der Waals surface area contributed by atoms with Crippen molar-refractivity contribution in [2.75, 3.05) is 39.6 Å². The third-order valence-corrected chi connectivity index (χ3v) is 20.0. The van der Waals surface area contributed by atoms with E-state index in [2.05, 4.69) is 55.4 Å². The highest BCUT2D eigenvalue weighted by atomic mass is 31.2. The lowest BCUT2D eigenvalue weighted by molar-refractivity contribution is -0.161. The van der Waals surface area contributed by atoms with E-state index in [4.69, 9.17) is 37.0 Å². The Balaban J connectivity index is 5.21. The van der Waals surface area contributed by atoms with Gasteiger partial charge in [0.25, 0.3) is 0 Å². The van der Waals surface area contributed by atoms with Crippen molar-refractivity contribution < 1.29 is 80.2 Å². The van der Waals surface area contributed by atoms with Crippen LogP contribution in [0.5, 0.6) is 0 Å². The first-order chi connectivity index (χ1) is 46.6. The molecule has 3 N–H and O–H groups in total. The van der Waals surface area contributed by atoms with Crippen molar-refractivity contribution >= 4 is 39.5 Å². The van der Waals surface area contributed by atoms with Crippen molar-refractivity contribution in [2.24, 2.45) is 23.7 Å². The molecule has 97 heavy (non-hydrogen) atoms. The van der Waals surface area contributed by atoms with Crippen LogP contribution in [-0.2, 0) is 65.4 Å². The van der Waals surface area contributed by atoms with Crippen LogP contribution < -0.4 is 0 Å². The van der Waals surface area contributed by atoms with Crippen LogP contribution in [0.25, 0.3) is 0 Å². The topological polar surface area (TPSA) is 237 Å². The highest BCUT2D eigenvalue weighted by Crippen LogP contribution is 2.45. The second-order valence-electron chi connectivity index (χ2n) is 30.0. The number of carbonyl (C=O) groups is 4. The third kappa shape index (κ3) is 72.2. The van der Waals surface area contributed by atoms with Gasteiger partial charge in [0.1, 0.15) is 19.3 Å². The fourth-order valence-electron chi connectivity index (χ4n) is 11.9. The lowest BCUT2D eigenvalue weighted by atomic mass is 10.0. The molecule has 0 rings (SSSR count). The predicted octanol–water partition coefficient (Wildman–Crippen LogP) is 22.8. The largest absolute Gasteiger partial charge is 0.472 e. The van der Waals surface area contributed by atoms with Crippen molar-refractivity contribution in [3.63, 3.8) is 0 Å². The molecular weight excluding hydrogens is 1270 g/mol. The molecule has 0 aromatic rings. The Morgan fingerprint density at radius 3 is 0.639 bits per heavy atom. The molecular formula is C78H152O17P2. The standard InChI is InChI=1S/C78H152O17P2/c1-68(2)54-46-38-30-24-18-13-11-9-10-12-14-22-28-34-44-52-60-77(82)95-74(65-89-76(81)59-51-43-37-36-41-49-57-71(7)8)67-93-97(86,87)91-63-72(79)62-90-96(84,85)92-66-73(94-78(83)61-53-45-35-29-23-17-20-26-32-40-48-56-70(5)6)64-88-75(80)58-50-42-33-27-21-16-15-19-25-31-39-47-55-69(3)4/h68-74,79H,9-67H2,1-8H3,(H,84,85)(H,86,87)/t72?,73-,74-/m1/s1. The molecule has 576 valence electrons. The van der Waals surface area contributed by atoms with Gasteiger partial charge in [-0.15, -0.1) is 0 Å². The molecule has 0 saturated heterocycles. The minimum Gasteiger partial charge on any atom is -0.462 e. The molecule has 0 saturated carbocycles. The van der Waals surface area contributed by atoms with Crippen LogP contribution in [0.15, 0.2) is 0 Å². The number of aliphatic hydroxyl groups is 1. The lowest BCUT2D eigenvalue weighted by Gasteiger charge is -2.21. The second-order valence-corrected chi connectivity index (χ2v) is 32.9. The number of ether oxygens (including phenoxy) is 4. The maximum atomic E-state index is 13.1. The molecule has 0 aliphatic rings. The van der Waals surface area contributed by atoms with E-state index in [9.17, 15) is 43.2 Å². The fourth-order valence-corrected chi connectivity index (χ4v) is 13.5. The van der Waals surface area contributed by atoms with E-state index in [1.165, 1.54) is 193 Å². The molecule has 0 aliphatic carbocycles. The SMILES string of the molecule is CC(C)CCCCCCCCCCCCCCCCCCC(=O)O[C@H](COC(=O)CCCCCCCCC(C)C)COP(=O)(O)OCC(O)COP(=O)(O)OC[C@@H](COC(=O)CCCCCCCCCCCCCCC(C)C)OC(=O)CCCCCCCCCCCCCC(C)C. The summed E-state index contributed by atoms with van der Waals surface area (Å²) in [6, 6.07) is 0. The van der Waals surface area contributed by atoms with Gasteiger partial charge >= 0.3 is 39.5 Å². The number of carbonyl (C=O) groups excluding carboxylic acids is 4. The van der Waals surface area contributed by atoms with Gasteiger partial charge in [-0.2, -0.15) is 0 Å². The number of rotatable bonds is 75. The van der Waals surface area contributed by atoms with Crippen molar-refractivity contribution in [3.8, 4) is 0 Å². The average Bonchev–Trinajstić information content (AvgIpc) is 1.13. The van der Waals surface area contributed by atoms with E-state index >= 15 is 0 Å². The van der Waals surface area contributed by atoms with Gasteiger partial charge in [0, 0.05) is 25.7 Å². The third-order valence-electron chi connectivity index (χ3n) is 18.1. The summed E-state index contributed by atoms with van der Waals surface area (Å²) in [6.07, 6.45) is 52.9. The molecule has 0 radical (unpaired) electrons. The van der Waals surface area contributed by atoms with Crippen LogP contribution in [0, 0.1) is 23.7 Å². The Morgan fingerprint density at radius 2 is 0.433 bits per heavy atom. The van der Waals surface area contributed by atoms with Gasteiger partial charge in [-0.25, -0.2) is 9.13 Å². The highest BCUT2D eigenvalue weighted by Gasteiger charge is 2.30. The van der Waals surface area contributed by atoms with E-state index in [1.54, 1.807) is 0 Å². The first-order valence-corrected chi connectivity index (χ1v) is 43.2. The molecule has 3 unspecified atom stereocenters. The Labute approximate surface area is 594 Å². The van der Waals surface area contributed by atoms with Crippen LogP contribution in [0.2, 0.25) is 0 Å². The first-order valence-electron chi connectivity index (χ1n) is 40.2. The van der Waals surface area contributed by atoms with Gasteiger partial charge in [0.2, 0.25) is 0 Å². The molecule has 0 aliphatic heterocycles. The van der Waals surface area contributed by atoms with Crippen LogP contribution >= 0.6 is 15.6 Å². The smallest absolute Gasteiger partial charge is 0.462 e. The number of aliphatic hydroxyl groups excluding tert-OH is 1. The van der Waals surface area contributed by atoms with Crippen LogP contribution in [0.1, 0.15) is 396 Å². The zero-order valence-electron chi connectivity index (χ0n) is 63.7. The maximum absolute atomic E-state index is 13.1. The molecule has 0 aromatic carbocycles. The lowest BCUT2D eigenvalue weighted by Crippen LogP contribution is -2.30. The van der Waals surface area contributed by atoms with E-state index in [-0.39, 0.29) is 25.7 Å². The molecule has 0 heterocycles. The summed E-state index contributed by atoms with van der Waals surface area (Å²) in [5.41, 5.74) is 0. The number of phosphoric acid groups is 2. The van der Waals surface area contributed by atoms with Crippen molar-refractivity contribution in [1.82, 2.24) is 0 Å². The van der Waals surface area contributed by atoms with Gasteiger partial charge in [-0.3, -0.25) is 37.3 Å². The maximum Gasteiger partial charge on any atom is 0.472 e. The summed E-state index contributed by atoms with van der Waals surface area (Å²) in [7, 11) is -9.92. The Kier molecular flexibility index (Phi) is 65.9. The number of unbranched alkanes of at least 4 members (excludes halogenated alkanes) is 41. The van der Waals surface area contributed by atoms with Gasteiger partial charge < -0.3 is 33.8 Å². The summed E-state index contributed by atoms with van der Waals surface area (Å²) in [5.74, 6) is 0.916. The zero-order chi connectivity index (χ0) is 71.7. The number of phosphoric ester groups is 2. The minimum atomic E-state index is -4.96. The molecule has 0 fully saturated rings. The van der Waals surface area contributed by atoms with Gasteiger partial charge in [0.15, 0.2) is 12.2 Å². The van der Waals surface area contributed by atoms with E-state index < -0.39 is 97.5 Å². The van der Waals surface area contributed by atoms with E-state index in [0.29, 0.717) is 31.6 Å². The summed E-state index contributed by atoms with van der Waals surface area (Å²) >= 11 is 0. The van der Waals surface area contributed by atoms with Crippen molar-refractivity contribution in [1.29, 1.82) is 0 Å². The monoisotopic (exact) mass is 1420 g/mol. The van der Waals surface area contributed by atoms with Crippen molar-refractivity contribution in [2.45, 2.75) is 414 Å². The molecule has 5 atom stereocenters. The van der Waals surface area contributed by atoms with E-state index in [0.717, 1.165) is 114 Å². The van der Waals surface area contributed by atoms with Crippen LogP contribution in [0.3, 0.4) is 0 Å². The predicted molar refractivity (Wildman–Crippen MR) is 395 cm³/mol. The molecule has 0 aromatic heterocycles. The summed E-state index contributed by atoms with van der Waals surface area (Å²) in [4.78, 5) is 72.9. The highest BCUT2D eigenvalue weighted by molar-refractivity contribution is 7.47. The number of hydrogen-bond donors (Lipinski definition) is 3.